The topological polar surface area (TPSA) is 72.5 Å². The molecular weight excluding hydrogens is 242 g/mol. The zero-order valence-corrected chi connectivity index (χ0v) is 10.2. The van der Waals surface area contributed by atoms with Crippen molar-refractivity contribution in [3.8, 4) is 0 Å². The molecule has 1 fully saturated rings. The van der Waals surface area contributed by atoms with Gasteiger partial charge in [0.25, 0.3) is 0 Å². The number of carbonyl (C=O) groups is 1. The molecule has 0 radical (unpaired) electrons. The number of cyclic esters (lactones) is 1. The summed E-state index contributed by atoms with van der Waals surface area (Å²) in [6, 6.07) is 6.83. The highest BCUT2D eigenvalue weighted by molar-refractivity contribution is 7.92. The first-order chi connectivity index (χ1) is 7.94. The molecule has 0 saturated carbocycles. The van der Waals surface area contributed by atoms with E-state index in [1.54, 1.807) is 24.3 Å². The largest absolute Gasteiger partial charge is 0.457 e. The predicted octanol–water partition coefficient (Wildman–Crippen LogP) is 1.44. The Labute approximate surface area is 99.8 Å². The number of carbonyl (C=O) groups excluding carboxylic acids is 1. The lowest BCUT2D eigenvalue weighted by Crippen LogP contribution is -2.09. The minimum Gasteiger partial charge on any atom is -0.457 e. The van der Waals surface area contributed by atoms with Gasteiger partial charge >= 0.3 is 5.97 Å². The minimum absolute atomic E-state index is 0.187. The molecule has 0 aromatic heterocycles. The van der Waals surface area contributed by atoms with Crippen molar-refractivity contribution in [2.24, 2.45) is 0 Å². The van der Waals surface area contributed by atoms with Crippen LogP contribution in [0, 0.1) is 0 Å². The van der Waals surface area contributed by atoms with E-state index in [-0.39, 0.29) is 12.1 Å². The number of hydrogen-bond donors (Lipinski definition) is 1. The predicted molar refractivity (Wildman–Crippen MR) is 63.0 cm³/mol. The highest BCUT2D eigenvalue weighted by Gasteiger charge is 2.24. The average Bonchev–Trinajstić information content (AvgIpc) is 2.63. The Morgan fingerprint density at radius 2 is 1.94 bits per heavy atom. The SMILES string of the molecule is CS(=O)(=O)Nc1ccc([C@H]2CCC(=O)O2)cc1. The lowest BCUT2D eigenvalue weighted by atomic mass is 10.1. The molecule has 6 heteroatoms. The lowest BCUT2D eigenvalue weighted by molar-refractivity contribution is -0.141. The van der Waals surface area contributed by atoms with Crippen molar-refractivity contribution < 1.29 is 17.9 Å². The molecule has 1 aromatic carbocycles. The molecule has 17 heavy (non-hydrogen) atoms. The summed E-state index contributed by atoms with van der Waals surface area (Å²) < 4.78 is 29.5. The van der Waals surface area contributed by atoms with Crippen molar-refractivity contribution >= 4 is 21.7 Å². The van der Waals surface area contributed by atoms with Crippen LogP contribution >= 0.6 is 0 Å². The Balaban J connectivity index is 2.10. The maximum absolute atomic E-state index is 11.0. The third-order valence-electron chi connectivity index (χ3n) is 2.47. The second-order valence-electron chi connectivity index (χ2n) is 4.01. The van der Waals surface area contributed by atoms with Gasteiger partial charge in [-0.15, -0.1) is 0 Å². The van der Waals surface area contributed by atoms with Gasteiger partial charge in [-0.3, -0.25) is 9.52 Å². The Morgan fingerprint density at radius 3 is 2.41 bits per heavy atom. The first-order valence-corrected chi connectivity index (χ1v) is 7.10. The molecule has 0 aliphatic carbocycles. The Bertz CT molecular complexity index is 521. The van der Waals surface area contributed by atoms with Crippen LogP contribution in [0.15, 0.2) is 24.3 Å². The zero-order chi connectivity index (χ0) is 12.5. The van der Waals surface area contributed by atoms with Crippen molar-refractivity contribution in [3.05, 3.63) is 29.8 Å². The van der Waals surface area contributed by atoms with Crippen LogP contribution in [0.4, 0.5) is 5.69 Å². The molecule has 1 N–H and O–H groups in total. The van der Waals surface area contributed by atoms with Crippen LogP contribution in [-0.2, 0) is 19.6 Å². The van der Waals surface area contributed by atoms with E-state index in [0.29, 0.717) is 18.5 Å². The van der Waals surface area contributed by atoms with E-state index in [1.807, 2.05) is 0 Å². The highest BCUT2D eigenvalue weighted by atomic mass is 32.2. The molecule has 1 atom stereocenters. The number of hydrogen-bond acceptors (Lipinski definition) is 4. The second-order valence-corrected chi connectivity index (χ2v) is 5.76. The Hall–Kier alpha value is -1.56. The number of rotatable bonds is 3. The summed E-state index contributed by atoms with van der Waals surface area (Å²) in [7, 11) is -3.25. The van der Waals surface area contributed by atoms with Crippen LogP contribution in [0.1, 0.15) is 24.5 Å². The van der Waals surface area contributed by atoms with Crippen molar-refractivity contribution in [1.29, 1.82) is 0 Å². The van der Waals surface area contributed by atoms with Gasteiger partial charge in [0.2, 0.25) is 10.0 Å². The van der Waals surface area contributed by atoms with E-state index >= 15 is 0 Å². The molecule has 1 aliphatic heterocycles. The van der Waals surface area contributed by atoms with Crippen LogP contribution in [0.25, 0.3) is 0 Å². The third kappa shape index (κ3) is 3.20. The van der Waals surface area contributed by atoms with Crippen LogP contribution in [0.2, 0.25) is 0 Å². The van der Waals surface area contributed by atoms with Crippen molar-refractivity contribution in [1.82, 2.24) is 0 Å². The Kier molecular flexibility index (Phi) is 3.06. The lowest BCUT2D eigenvalue weighted by Gasteiger charge is -2.10. The van der Waals surface area contributed by atoms with Gasteiger partial charge in [-0.25, -0.2) is 8.42 Å². The fourth-order valence-electron chi connectivity index (χ4n) is 1.74. The molecule has 0 amide bonds. The van der Waals surface area contributed by atoms with Gasteiger partial charge in [0.05, 0.1) is 6.26 Å². The monoisotopic (exact) mass is 255 g/mol. The highest BCUT2D eigenvalue weighted by Crippen LogP contribution is 2.29. The van der Waals surface area contributed by atoms with Crippen LogP contribution in [-0.4, -0.2) is 20.6 Å². The van der Waals surface area contributed by atoms with E-state index in [9.17, 15) is 13.2 Å². The maximum atomic E-state index is 11.0. The molecule has 5 nitrogen and oxygen atoms in total. The number of nitrogens with one attached hydrogen (secondary N) is 1. The van der Waals surface area contributed by atoms with Crippen LogP contribution < -0.4 is 4.72 Å². The van der Waals surface area contributed by atoms with Gasteiger partial charge in [0.15, 0.2) is 0 Å². The smallest absolute Gasteiger partial charge is 0.306 e. The molecule has 1 heterocycles. The fraction of sp³-hybridized carbons (Fsp3) is 0.364. The molecule has 0 unspecified atom stereocenters. The van der Waals surface area contributed by atoms with E-state index in [4.69, 9.17) is 4.74 Å². The minimum atomic E-state index is -3.25. The summed E-state index contributed by atoms with van der Waals surface area (Å²) in [4.78, 5) is 11.0. The van der Waals surface area contributed by atoms with Gasteiger partial charge < -0.3 is 4.74 Å². The van der Waals surface area contributed by atoms with Crippen molar-refractivity contribution in [2.75, 3.05) is 11.0 Å². The molecule has 0 bridgehead atoms. The zero-order valence-electron chi connectivity index (χ0n) is 9.34. The van der Waals surface area contributed by atoms with Gasteiger partial charge in [-0.05, 0) is 24.1 Å². The normalized spacial score (nSPS) is 20.1. The van der Waals surface area contributed by atoms with Crippen molar-refractivity contribution in [2.45, 2.75) is 18.9 Å². The summed E-state index contributed by atoms with van der Waals surface area (Å²) in [5.41, 5.74) is 1.38. The maximum Gasteiger partial charge on any atom is 0.306 e. The molecule has 1 saturated heterocycles. The standard InChI is InChI=1S/C11H13NO4S/c1-17(14,15)12-9-4-2-8(3-5-9)10-6-7-11(13)16-10/h2-5,10,12H,6-7H2,1H3/t10-/m1/s1. The van der Waals surface area contributed by atoms with E-state index in [2.05, 4.69) is 4.72 Å². The third-order valence-corrected chi connectivity index (χ3v) is 3.08. The number of benzene rings is 1. The first-order valence-electron chi connectivity index (χ1n) is 5.21. The fourth-order valence-corrected chi connectivity index (χ4v) is 2.30. The summed E-state index contributed by atoms with van der Waals surface area (Å²) >= 11 is 0. The van der Waals surface area contributed by atoms with E-state index in [1.165, 1.54) is 0 Å². The number of sulfonamides is 1. The van der Waals surface area contributed by atoms with Gasteiger partial charge in [-0.2, -0.15) is 0 Å². The Morgan fingerprint density at radius 1 is 1.29 bits per heavy atom. The van der Waals surface area contributed by atoms with Gasteiger partial charge in [0.1, 0.15) is 6.10 Å². The average molecular weight is 255 g/mol. The summed E-state index contributed by atoms with van der Waals surface area (Å²) in [5, 5.41) is 0. The van der Waals surface area contributed by atoms with Crippen LogP contribution in [0.3, 0.4) is 0 Å². The van der Waals surface area contributed by atoms with E-state index < -0.39 is 10.0 Å². The molecule has 1 aromatic rings. The summed E-state index contributed by atoms with van der Waals surface area (Å²) in [5.74, 6) is -0.187. The number of ether oxygens (including phenoxy) is 1. The molecule has 92 valence electrons. The quantitative estimate of drug-likeness (QED) is 0.829. The summed E-state index contributed by atoms with van der Waals surface area (Å²) in [6.07, 6.45) is 2.01. The molecule has 1 aliphatic rings. The molecular formula is C11H13NO4S. The number of anilines is 1. The van der Waals surface area contributed by atoms with Gasteiger partial charge in [-0.1, -0.05) is 12.1 Å². The molecule has 2 rings (SSSR count). The first kappa shape index (κ1) is 11.9. The van der Waals surface area contributed by atoms with Crippen LogP contribution in [0.5, 0.6) is 0 Å². The number of esters is 1. The van der Waals surface area contributed by atoms with Crippen molar-refractivity contribution in [3.63, 3.8) is 0 Å². The second kappa shape index (κ2) is 4.37. The molecule has 0 spiro atoms. The van der Waals surface area contributed by atoms with E-state index in [0.717, 1.165) is 11.8 Å². The van der Waals surface area contributed by atoms with Gasteiger partial charge in [0, 0.05) is 12.1 Å². The summed E-state index contributed by atoms with van der Waals surface area (Å²) in [6.45, 7) is 0.